The molecule has 2 rings (SSSR count). The molecule has 0 spiro atoms. The quantitative estimate of drug-likeness (QED) is 0.756. The number of Topliss-reactive ketones (excluding diaryl/α,β-unsaturated/α-hetero) is 3. The molecule has 6 heteroatoms. The molecule has 0 radical (unpaired) electrons. The molecule has 0 atom stereocenters. The predicted molar refractivity (Wildman–Crippen MR) is 74.7 cm³/mol. The molecule has 20 heavy (non-hydrogen) atoms. The number of aliphatic hydroxyl groups excluding tert-OH is 1. The maximum Gasteiger partial charge on any atom is 0.187 e. The van der Waals surface area contributed by atoms with Gasteiger partial charge in [0.2, 0.25) is 0 Å². The predicted octanol–water partition coefficient (Wildman–Crippen LogP) is 0.836. The maximum absolute atomic E-state index is 11.1. The van der Waals surface area contributed by atoms with Crippen molar-refractivity contribution in [1.82, 2.24) is 4.90 Å². The number of hydrogen-bond acceptors (Lipinski definition) is 6. The molecule has 6 nitrogen and oxygen atoms in total. The van der Waals surface area contributed by atoms with Gasteiger partial charge in [0.05, 0.1) is 24.2 Å². The fourth-order valence-corrected chi connectivity index (χ4v) is 1.93. The second-order valence-corrected chi connectivity index (χ2v) is 4.68. The molecular weight excluding hydrogens is 260 g/mol. The maximum atomic E-state index is 11.1. The van der Waals surface area contributed by atoms with Crippen LogP contribution in [-0.2, 0) is 14.4 Å². The van der Waals surface area contributed by atoms with Crippen LogP contribution in [0, 0.1) is 0 Å². The minimum Gasteiger partial charge on any atom is -0.510 e. The Balaban J connectivity index is 0.000000204. The smallest absolute Gasteiger partial charge is 0.187 e. The molecule has 0 aromatic carbocycles. The monoisotopic (exact) mass is 278 g/mol. The van der Waals surface area contributed by atoms with Gasteiger partial charge in [-0.1, -0.05) is 0 Å². The minimum absolute atomic E-state index is 0.0579. The summed E-state index contributed by atoms with van der Waals surface area (Å²) >= 11 is 0. The summed E-state index contributed by atoms with van der Waals surface area (Å²) in [6.07, 6.45) is 1.40. The van der Waals surface area contributed by atoms with Gasteiger partial charge in [0.15, 0.2) is 17.3 Å². The Morgan fingerprint density at radius 3 is 2.10 bits per heavy atom. The molecule has 0 fully saturated rings. The van der Waals surface area contributed by atoms with E-state index in [-0.39, 0.29) is 29.7 Å². The van der Waals surface area contributed by atoms with Gasteiger partial charge in [-0.05, 0) is 20.8 Å². The Labute approximate surface area is 117 Å². The van der Waals surface area contributed by atoms with Crippen molar-refractivity contribution in [3.05, 3.63) is 22.6 Å². The first kappa shape index (κ1) is 15.8. The normalized spacial score (nSPS) is 17.6. The van der Waals surface area contributed by atoms with Crippen LogP contribution >= 0.6 is 0 Å². The average molecular weight is 278 g/mol. The highest BCUT2D eigenvalue weighted by Crippen LogP contribution is 2.17. The molecule has 2 aliphatic rings. The van der Waals surface area contributed by atoms with Crippen molar-refractivity contribution < 1.29 is 19.5 Å². The van der Waals surface area contributed by atoms with Crippen molar-refractivity contribution in [2.75, 3.05) is 20.1 Å². The Bertz CT molecular complexity index is 556. The van der Waals surface area contributed by atoms with E-state index in [1.54, 1.807) is 11.8 Å². The third-order valence-corrected chi connectivity index (χ3v) is 3.10. The van der Waals surface area contributed by atoms with Crippen molar-refractivity contribution in [3.63, 3.8) is 0 Å². The second-order valence-electron chi connectivity index (χ2n) is 4.68. The summed E-state index contributed by atoms with van der Waals surface area (Å²) in [5.41, 5.74) is 1.50. The van der Waals surface area contributed by atoms with Gasteiger partial charge in [0.25, 0.3) is 0 Å². The third-order valence-electron chi connectivity index (χ3n) is 3.10. The molecule has 0 saturated heterocycles. The topological polar surface area (TPSA) is 87.0 Å². The fraction of sp³-hybridized carbons (Fsp3) is 0.429. The average Bonchev–Trinajstić information content (AvgIpc) is 2.85. The summed E-state index contributed by atoms with van der Waals surface area (Å²) in [6.45, 7) is 5.23. The number of hydrogen-bond donors (Lipinski definition) is 1. The summed E-state index contributed by atoms with van der Waals surface area (Å²) in [7, 11) is 1.81. The highest BCUT2D eigenvalue weighted by molar-refractivity contribution is 6.21. The van der Waals surface area contributed by atoms with Crippen LogP contribution in [0.2, 0.25) is 0 Å². The van der Waals surface area contributed by atoms with E-state index in [0.29, 0.717) is 17.7 Å². The van der Waals surface area contributed by atoms with Crippen molar-refractivity contribution in [1.29, 1.82) is 0 Å². The summed E-state index contributed by atoms with van der Waals surface area (Å²) in [6, 6.07) is 0. The Morgan fingerprint density at radius 2 is 1.90 bits per heavy atom. The van der Waals surface area contributed by atoms with Gasteiger partial charge in [0, 0.05) is 19.0 Å². The van der Waals surface area contributed by atoms with Crippen LogP contribution in [0.25, 0.3) is 0 Å². The number of aliphatic hydroxyl groups is 1. The lowest BCUT2D eigenvalue weighted by Gasteiger charge is -2.09. The number of allylic oxidation sites excluding steroid dienone is 2. The molecule has 0 bridgehead atoms. The lowest BCUT2D eigenvalue weighted by Crippen LogP contribution is -2.15. The van der Waals surface area contributed by atoms with Crippen molar-refractivity contribution in [3.8, 4) is 0 Å². The molecule has 0 aromatic heterocycles. The van der Waals surface area contributed by atoms with Crippen molar-refractivity contribution in [2.24, 2.45) is 4.99 Å². The number of likely N-dealkylation sites (N-methyl/N-ethyl adjacent to an activating group) is 1. The van der Waals surface area contributed by atoms with Crippen LogP contribution < -0.4 is 0 Å². The summed E-state index contributed by atoms with van der Waals surface area (Å²) in [5.74, 6) is -0.231. The first-order valence-corrected chi connectivity index (χ1v) is 6.14. The van der Waals surface area contributed by atoms with E-state index in [1.807, 2.05) is 7.05 Å². The van der Waals surface area contributed by atoms with Crippen molar-refractivity contribution in [2.45, 2.75) is 20.8 Å². The molecule has 0 amide bonds. The van der Waals surface area contributed by atoms with Gasteiger partial charge < -0.3 is 10.0 Å². The Morgan fingerprint density at radius 1 is 1.30 bits per heavy atom. The van der Waals surface area contributed by atoms with Crippen LogP contribution in [0.3, 0.4) is 0 Å². The van der Waals surface area contributed by atoms with E-state index < -0.39 is 0 Å². The Hall–Kier alpha value is -2.24. The lowest BCUT2D eigenvalue weighted by molar-refractivity contribution is -0.119. The van der Waals surface area contributed by atoms with Gasteiger partial charge in [-0.15, -0.1) is 0 Å². The van der Waals surface area contributed by atoms with E-state index in [0.717, 1.165) is 5.70 Å². The number of carbonyl (C=O) groups is 3. The summed E-state index contributed by atoms with van der Waals surface area (Å²) < 4.78 is 0. The van der Waals surface area contributed by atoms with Gasteiger partial charge in [-0.2, -0.15) is 0 Å². The second kappa shape index (κ2) is 6.27. The summed E-state index contributed by atoms with van der Waals surface area (Å²) in [5, 5.41) is 8.89. The number of nitrogens with zero attached hydrogens (tertiary/aromatic N) is 2. The molecule has 2 aliphatic heterocycles. The van der Waals surface area contributed by atoms with Crippen LogP contribution in [0.15, 0.2) is 27.6 Å². The summed E-state index contributed by atoms with van der Waals surface area (Å²) in [4.78, 5) is 38.1. The third kappa shape index (κ3) is 3.40. The first-order valence-electron chi connectivity index (χ1n) is 6.14. The highest BCUT2D eigenvalue weighted by atomic mass is 16.3. The standard InChI is InChI=1S/C8H11NO2.C6H7NO2/c1-5-8(6(2)10)7(11)4-9(5)3;1-4(8)5-2-7-3-6(5)9/h4H2,1-3H3;2,9H,3H2,1H3. The molecule has 2 heterocycles. The van der Waals surface area contributed by atoms with Crippen LogP contribution in [0.1, 0.15) is 20.8 Å². The minimum atomic E-state index is -0.131. The number of carbonyl (C=O) groups excluding carboxylic acids is 3. The zero-order valence-corrected chi connectivity index (χ0v) is 12.1. The van der Waals surface area contributed by atoms with Gasteiger partial charge >= 0.3 is 0 Å². The number of ketones is 3. The largest absolute Gasteiger partial charge is 0.510 e. The van der Waals surface area contributed by atoms with E-state index in [2.05, 4.69) is 4.99 Å². The zero-order valence-electron chi connectivity index (χ0n) is 12.1. The van der Waals surface area contributed by atoms with E-state index in [4.69, 9.17) is 5.11 Å². The van der Waals surface area contributed by atoms with Gasteiger partial charge in [-0.3, -0.25) is 19.4 Å². The molecule has 0 saturated carbocycles. The molecule has 0 unspecified atom stereocenters. The zero-order chi connectivity index (χ0) is 15.4. The van der Waals surface area contributed by atoms with Gasteiger partial charge in [0.1, 0.15) is 5.76 Å². The molecule has 0 aromatic rings. The number of rotatable bonds is 2. The van der Waals surface area contributed by atoms with E-state index in [1.165, 1.54) is 20.1 Å². The number of aliphatic imine (C=N–C) groups is 1. The molecule has 108 valence electrons. The van der Waals surface area contributed by atoms with Crippen molar-refractivity contribution >= 4 is 23.6 Å². The SMILES string of the molecule is CC(=O)C1=C(C)N(C)CC1=O.CC(=O)C1=C(O)CN=C1. The molecule has 0 aliphatic carbocycles. The lowest BCUT2D eigenvalue weighted by atomic mass is 10.1. The molecular formula is C14H18N2O4. The van der Waals surface area contributed by atoms with Crippen LogP contribution in [-0.4, -0.2) is 53.7 Å². The fourth-order valence-electron chi connectivity index (χ4n) is 1.93. The first-order chi connectivity index (χ1) is 9.25. The molecule has 1 N–H and O–H groups in total. The van der Waals surface area contributed by atoms with E-state index in [9.17, 15) is 14.4 Å². The van der Waals surface area contributed by atoms with Crippen LogP contribution in [0.5, 0.6) is 0 Å². The highest BCUT2D eigenvalue weighted by Gasteiger charge is 2.26. The van der Waals surface area contributed by atoms with Crippen LogP contribution in [0.4, 0.5) is 0 Å². The van der Waals surface area contributed by atoms with Gasteiger partial charge in [-0.25, -0.2) is 0 Å². The Kier molecular flexibility index (Phi) is 4.96. The van der Waals surface area contributed by atoms with E-state index >= 15 is 0 Å².